The highest BCUT2D eigenvalue weighted by Gasteiger charge is 2.28. The average molecular weight is 586 g/mol. The standard InChI is InChI=1S/C27H28ClN5O4S2/c1-27(2,3)26(37)33-23(29-13-16-8-9-22(28)39-16)12-19(30-33)17-11-24(35)32(14-18(17)25(36)31(4)5)15-20(34)21-7-6-10-38-21/h6-12,14,29H,13,15H2,1-5H3. The minimum Gasteiger partial charge on any atom is -0.365 e. The van der Waals surface area contributed by atoms with Gasteiger partial charge >= 0.3 is 0 Å². The molecule has 0 aromatic carbocycles. The summed E-state index contributed by atoms with van der Waals surface area (Å²) < 4.78 is 3.14. The van der Waals surface area contributed by atoms with E-state index in [1.54, 1.807) is 64.5 Å². The van der Waals surface area contributed by atoms with Gasteiger partial charge in [-0.15, -0.1) is 22.7 Å². The van der Waals surface area contributed by atoms with E-state index in [-0.39, 0.29) is 41.0 Å². The Labute approximate surface area is 238 Å². The number of carbonyl (C=O) groups is 3. The number of halogens is 1. The van der Waals surface area contributed by atoms with E-state index in [1.807, 2.05) is 6.07 Å². The minimum absolute atomic E-state index is 0.183. The highest BCUT2D eigenvalue weighted by molar-refractivity contribution is 7.16. The van der Waals surface area contributed by atoms with Gasteiger partial charge in [-0.2, -0.15) is 9.78 Å². The smallest absolute Gasteiger partial charge is 0.255 e. The minimum atomic E-state index is -0.750. The van der Waals surface area contributed by atoms with E-state index in [2.05, 4.69) is 10.4 Å². The maximum atomic E-state index is 13.3. The number of thiophene rings is 2. The van der Waals surface area contributed by atoms with Crippen LogP contribution in [0.15, 0.2) is 52.8 Å². The van der Waals surface area contributed by atoms with Crippen molar-refractivity contribution >= 4 is 57.7 Å². The van der Waals surface area contributed by atoms with Crippen LogP contribution < -0.4 is 10.9 Å². The number of anilines is 1. The van der Waals surface area contributed by atoms with Crippen LogP contribution in [0.4, 0.5) is 5.82 Å². The third-order valence-electron chi connectivity index (χ3n) is 5.76. The quantitative estimate of drug-likeness (QED) is 0.279. The van der Waals surface area contributed by atoms with Crippen molar-refractivity contribution in [3.8, 4) is 11.3 Å². The number of nitrogens with one attached hydrogen (secondary N) is 1. The number of rotatable bonds is 8. The molecule has 0 radical (unpaired) electrons. The van der Waals surface area contributed by atoms with E-state index in [1.165, 1.54) is 49.1 Å². The van der Waals surface area contributed by atoms with Crippen molar-refractivity contribution in [2.24, 2.45) is 5.41 Å². The Morgan fingerprint density at radius 3 is 2.46 bits per heavy atom. The molecule has 0 spiro atoms. The Balaban J connectivity index is 1.79. The van der Waals surface area contributed by atoms with Crippen LogP contribution in [0.2, 0.25) is 4.34 Å². The van der Waals surface area contributed by atoms with Crippen molar-refractivity contribution in [2.75, 3.05) is 19.4 Å². The number of Topliss-reactive ketones (excluding diaryl/α,β-unsaturated/α-hetero) is 1. The Bertz CT molecular complexity index is 1590. The normalized spacial score (nSPS) is 11.4. The molecule has 4 aromatic rings. The zero-order chi connectivity index (χ0) is 28.5. The van der Waals surface area contributed by atoms with Crippen molar-refractivity contribution in [3.05, 3.63) is 78.0 Å². The fourth-order valence-electron chi connectivity index (χ4n) is 3.73. The molecular weight excluding hydrogens is 558 g/mol. The van der Waals surface area contributed by atoms with Crippen LogP contribution in [0, 0.1) is 5.41 Å². The van der Waals surface area contributed by atoms with Crippen molar-refractivity contribution < 1.29 is 14.4 Å². The Morgan fingerprint density at radius 1 is 1.13 bits per heavy atom. The number of amides is 1. The van der Waals surface area contributed by atoms with Crippen molar-refractivity contribution in [1.29, 1.82) is 0 Å². The van der Waals surface area contributed by atoms with Gasteiger partial charge in [0.05, 0.1) is 33.6 Å². The molecule has 0 saturated carbocycles. The topological polar surface area (TPSA) is 106 Å². The summed E-state index contributed by atoms with van der Waals surface area (Å²) in [6.07, 6.45) is 1.39. The van der Waals surface area contributed by atoms with Crippen LogP contribution in [0.1, 0.15) is 50.5 Å². The maximum Gasteiger partial charge on any atom is 0.255 e. The van der Waals surface area contributed by atoms with E-state index in [9.17, 15) is 19.2 Å². The highest BCUT2D eigenvalue weighted by atomic mass is 35.5. The zero-order valence-corrected chi connectivity index (χ0v) is 24.5. The van der Waals surface area contributed by atoms with Gasteiger partial charge in [-0.25, -0.2) is 0 Å². The summed E-state index contributed by atoms with van der Waals surface area (Å²) in [4.78, 5) is 55.2. The fourth-order valence-corrected chi connectivity index (χ4v) is 5.41. The first-order valence-corrected chi connectivity index (χ1v) is 14.1. The van der Waals surface area contributed by atoms with E-state index in [4.69, 9.17) is 11.6 Å². The van der Waals surface area contributed by atoms with Crippen LogP contribution >= 0.6 is 34.3 Å². The van der Waals surface area contributed by atoms with E-state index in [0.717, 1.165) is 4.88 Å². The summed E-state index contributed by atoms with van der Waals surface area (Å²) >= 11 is 8.76. The molecule has 0 fully saturated rings. The SMILES string of the molecule is CN(C)C(=O)c1cn(CC(=O)c2cccs2)c(=O)cc1-c1cc(NCc2ccc(Cl)s2)n(C(=O)C(C)(C)C)n1. The molecule has 0 saturated heterocycles. The lowest BCUT2D eigenvalue weighted by Gasteiger charge is -2.18. The first-order valence-electron chi connectivity index (χ1n) is 12.0. The van der Waals surface area contributed by atoms with Gasteiger partial charge in [-0.1, -0.05) is 38.4 Å². The third kappa shape index (κ3) is 6.38. The molecule has 1 N–H and O–H groups in total. The second-order valence-corrected chi connectivity index (χ2v) is 12.9. The molecule has 0 aliphatic carbocycles. The summed E-state index contributed by atoms with van der Waals surface area (Å²) in [5.74, 6) is -0.462. The summed E-state index contributed by atoms with van der Waals surface area (Å²) in [5.41, 5.74) is -0.494. The molecule has 4 rings (SSSR count). The predicted octanol–water partition coefficient (Wildman–Crippen LogP) is 5.37. The molecular formula is C27H28ClN5O4S2. The largest absolute Gasteiger partial charge is 0.365 e. The average Bonchev–Trinajstić information content (AvgIpc) is 3.63. The molecule has 1 amide bonds. The van der Waals surface area contributed by atoms with Gasteiger partial charge in [0.25, 0.3) is 17.4 Å². The lowest BCUT2D eigenvalue weighted by Crippen LogP contribution is -2.29. The molecule has 12 heteroatoms. The second kappa shape index (κ2) is 11.3. The fraction of sp³-hybridized carbons (Fsp3) is 0.296. The Morgan fingerprint density at radius 2 is 1.87 bits per heavy atom. The summed E-state index contributed by atoms with van der Waals surface area (Å²) in [6, 6.07) is 10.1. The second-order valence-electron chi connectivity index (χ2n) is 10.1. The van der Waals surface area contributed by atoms with Crippen LogP contribution in [0.25, 0.3) is 11.3 Å². The number of ketones is 1. The summed E-state index contributed by atoms with van der Waals surface area (Å²) in [5, 5.41) is 9.56. The molecule has 9 nitrogen and oxygen atoms in total. The van der Waals surface area contributed by atoms with Crippen molar-refractivity contribution in [3.63, 3.8) is 0 Å². The Kier molecular flexibility index (Phi) is 8.24. The number of carbonyl (C=O) groups excluding carboxylic acids is 3. The molecule has 0 atom stereocenters. The van der Waals surface area contributed by atoms with Crippen molar-refractivity contribution in [1.82, 2.24) is 19.2 Å². The molecule has 39 heavy (non-hydrogen) atoms. The van der Waals surface area contributed by atoms with E-state index in [0.29, 0.717) is 21.6 Å². The first-order chi connectivity index (χ1) is 18.3. The highest BCUT2D eigenvalue weighted by Crippen LogP contribution is 2.29. The van der Waals surface area contributed by atoms with Gasteiger partial charge in [0.1, 0.15) is 5.82 Å². The predicted molar refractivity (Wildman–Crippen MR) is 155 cm³/mol. The number of hydrogen-bond donors (Lipinski definition) is 1. The van der Waals surface area contributed by atoms with Crippen LogP contribution in [-0.4, -0.2) is 50.9 Å². The number of hydrogen-bond acceptors (Lipinski definition) is 8. The number of pyridine rings is 1. The maximum absolute atomic E-state index is 13.3. The summed E-state index contributed by atoms with van der Waals surface area (Å²) in [6.45, 7) is 5.54. The van der Waals surface area contributed by atoms with Gasteiger partial charge in [0.15, 0.2) is 5.78 Å². The molecule has 0 aliphatic heterocycles. The monoisotopic (exact) mass is 585 g/mol. The molecule has 4 aromatic heterocycles. The van der Waals surface area contributed by atoms with Crippen LogP contribution in [0.5, 0.6) is 0 Å². The van der Waals surface area contributed by atoms with Crippen molar-refractivity contribution in [2.45, 2.75) is 33.9 Å². The first kappa shape index (κ1) is 28.5. The molecule has 0 aliphatic rings. The third-order valence-corrected chi connectivity index (χ3v) is 7.91. The van der Waals surface area contributed by atoms with Gasteiger partial charge < -0.3 is 14.8 Å². The van der Waals surface area contributed by atoms with Gasteiger partial charge in [-0.05, 0) is 23.6 Å². The molecule has 0 unspecified atom stereocenters. The molecule has 204 valence electrons. The lowest BCUT2D eigenvalue weighted by molar-refractivity contribution is 0.0751. The number of aromatic nitrogens is 3. The molecule has 0 bridgehead atoms. The van der Waals surface area contributed by atoms with E-state index >= 15 is 0 Å². The van der Waals surface area contributed by atoms with Crippen LogP contribution in [0.3, 0.4) is 0 Å². The van der Waals surface area contributed by atoms with Gasteiger partial charge in [0, 0.05) is 48.3 Å². The summed E-state index contributed by atoms with van der Waals surface area (Å²) in [7, 11) is 3.19. The van der Waals surface area contributed by atoms with Gasteiger partial charge in [-0.3, -0.25) is 19.2 Å². The lowest BCUT2D eigenvalue weighted by atomic mass is 9.96. The number of nitrogens with zero attached hydrogens (tertiary/aromatic N) is 4. The zero-order valence-electron chi connectivity index (χ0n) is 22.1. The molecule has 4 heterocycles. The Hall–Kier alpha value is -3.54. The van der Waals surface area contributed by atoms with Gasteiger partial charge in [0.2, 0.25) is 0 Å². The van der Waals surface area contributed by atoms with Crippen LogP contribution in [-0.2, 0) is 13.1 Å². The van der Waals surface area contributed by atoms with E-state index < -0.39 is 11.0 Å².